The van der Waals surface area contributed by atoms with E-state index in [-0.39, 0.29) is 6.03 Å². The molecule has 0 spiro atoms. The zero-order chi connectivity index (χ0) is 16.4. The molecular weight excluding hydrogens is 304 g/mol. The Balaban J connectivity index is 1.55. The number of aromatic amines is 1. The lowest BCUT2D eigenvalue weighted by Crippen LogP contribution is -2.39. The number of benzene rings is 1. The summed E-state index contributed by atoms with van der Waals surface area (Å²) in [6.45, 7) is 1.15. The number of nitrogens with zero attached hydrogens (tertiary/aromatic N) is 4. The summed E-state index contributed by atoms with van der Waals surface area (Å²) in [5.74, 6) is 0.448. The number of fused-ring (bicyclic) bond motifs is 1. The Labute approximate surface area is 138 Å². The molecule has 0 aliphatic carbocycles. The van der Waals surface area contributed by atoms with Crippen LogP contribution in [0.4, 0.5) is 10.6 Å². The topological polar surface area (TPSA) is 86.8 Å². The Morgan fingerprint density at radius 1 is 1.17 bits per heavy atom. The highest BCUT2D eigenvalue weighted by atomic mass is 16.2. The highest BCUT2D eigenvalue weighted by Crippen LogP contribution is 2.28. The molecule has 24 heavy (non-hydrogen) atoms. The van der Waals surface area contributed by atoms with Crippen LogP contribution in [0.5, 0.6) is 0 Å². The van der Waals surface area contributed by atoms with Crippen molar-refractivity contribution in [3.63, 3.8) is 0 Å². The number of hydrogen-bond acceptors (Lipinski definition) is 4. The van der Waals surface area contributed by atoms with E-state index in [2.05, 4.69) is 25.7 Å². The van der Waals surface area contributed by atoms with Gasteiger partial charge in [-0.1, -0.05) is 30.3 Å². The zero-order valence-electron chi connectivity index (χ0n) is 12.9. The third-order valence-electron chi connectivity index (χ3n) is 4.08. The fourth-order valence-electron chi connectivity index (χ4n) is 2.86. The van der Waals surface area contributed by atoms with E-state index in [1.807, 2.05) is 30.3 Å². The molecule has 2 N–H and O–H groups in total. The fourth-order valence-corrected chi connectivity index (χ4v) is 2.86. The molecule has 0 atom stereocenters. The van der Waals surface area contributed by atoms with E-state index in [1.54, 1.807) is 23.2 Å². The average Bonchev–Trinajstić information content (AvgIpc) is 3.06. The second-order valence-corrected chi connectivity index (χ2v) is 5.61. The number of amides is 2. The standard InChI is InChI=1S/C17H16N6O/c24-17(19-15-7-4-9-18-21-15)23-10-8-14-13(11-23)16(22-20-14)12-5-2-1-3-6-12/h1-7,9H,8,10-11H2,(H,20,22)(H,19,21,24). The van der Waals surface area contributed by atoms with Crippen molar-refractivity contribution in [1.82, 2.24) is 25.3 Å². The van der Waals surface area contributed by atoms with Crippen molar-refractivity contribution >= 4 is 11.8 Å². The largest absolute Gasteiger partial charge is 0.323 e. The van der Waals surface area contributed by atoms with Crippen molar-refractivity contribution in [2.45, 2.75) is 13.0 Å². The van der Waals surface area contributed by atoms with Gasteiger partial charge < -0.3 is 4.90 Å². The minimum atomic E-state index is -0.179. The number of hydrogen-bond donors (Lipinski definition) is 2. The molecule has 1 aliphatic heterocycles. The molecule has 2 amide bonds. The van der Waals surface area contributed by atoms with Crippen molar-refractivity contribution in [3.8, 4) is 11.3 Å². The molecule has 0 bridgehead atoms. The highest BCUT2D eigenvalue weighted by molar-refractivity contribution is 5.88. The van der Waals surface area contributed by atoms with Crippen LogP contribution < -0.4 is 5.32 Å². The molecule has 2 aromatic heterocycles. The third-order valence-corrected chi connectivity index (χ3v) is 4.08. The van der Waals surface area contributed by atoms with Gasteiger partial charge in [-0.25, -0.2) is 4.79 Å². The van der Waals surface area contributed by atoms with Crippen LogP contribution in [0, 0.1) is 0 Å². The summed E-state index contributed by atoms with van der Waals surface area (Å²) in [5.41, 5.74) is 4.12. The molecular formula is C17H16N6O. The first-order valence-electron chi connectivity index (χ1n) is 7.76. The predicted octanol–water partition coefficient (Wildman–Crippen LogP) is 2.46. The summed E-state index contributed by atoms with van der Waals surface area (Å²) in [4.78, 5) is 14.2. The van der Waals surface area contributed by atoms with E-state index in [0.717, 1.165) is 28.9 Å². The minimum absolute atomic E-state index is 0.179. The Bertz CT molecular complexity index is 846. The van der Waals surface area contributed by atoms with Gasteiger partial charge in [-0.2, -0.15) is 10.2 Å². The van der Waals surface area contributed by atoms with E-state index in [4.69, 9.17) is 0 Å². The van der Waals surface area contributed by atoms with Crippen LogP contribution in [0.3, 0.4) is 0 Å². The number of carbonyl (C=O) groups excluding carboxylic acids is 1. The summed E-state index contributed by atoms with van der Waals surface area (Å²) in [6, 6.07) is 13.3. The first-order chi connectivity index (χ1) is 11.8. The third kappa shape index (κ3) is 2.71. The number of H-pyrrole nitrogens is 1. The van der Waals surface area contributed by atoms with Gasteiger partial charge in [0.25, 0.3) is 0 Å². The van der Waals surface area contributed by atoms with Crippen LogP contribution in [0.1, 0.15) is 11.3 Å². The van der Waals surface area contributed by atoms with Gasteiger partial charge >= 0.3 is 6.03 Å². The molecule has 1 aromatic carbocycles. The molecule has 3 aromatic rings. The molecule has 120 valence electrons. The maximum atomic E-state index is 12.5. The molecule has 7 nitrogen and oxygen atoms in total. The SMILES string of the molecule is O=C(Nc1cccnn1)N1CCc2[nH]nc(-c3ccccc3)c2C1. The van der Waals surface area contributed by atoms with E-state index in [0.29, 0.717) is 18.9 Å². The molecule has 0 saturated heterocycles. The van der Waals surface area contributed by atoms with Crippen LogP contribution in [-0.2, 0) is 13.0 Å². The number of urea groups is 1. The van der Waals surface area contributed by atoms with Crippen molar-refractivity contribution in [2.75, 3.05) is 11.9 Å². The molecule has 0 unspecified atom stereocenters. The Hall–Kier alpha value is -3.22. The molecule has 0 radical (unpaired) electrons. The maximum Gasteiger partial charge on any atom is 0.323 e. The van der Waals surface area contributed by atoms with Gasteiger partial charge in [-0.05, 0) is 12.1 Å². The van der Waals surface area contributed by atoms with Crippen LogP contribution in [0.2, 0.25) is 0 Å². The lowest BCUT2D eigenvalue weighted by atomic mass is 10.0. The Kier molecular flexibility index (Phi) is 3.66. The molecule has 7 heteroatoms. The smallest absolute Gasteiger partial charge is 0.320 e. The minimum Gasteiger partial charge on any atom is -0.320 e. The Morgan fingerprint density at radius 3 is 2.83 bits per heavy atom. The lowest BCUT2D eigenvalue weighted by Gasteiger charge is -2.27. The maximum absolute atomic E-state index is 12.5. The fraction of sp³-hybridized carbons (Fsp3) is 0.176. The lowest BCUT2D eigenvalue weighted by molar-refractivity contribution is 0.206. The predicted molar refractivity (Wildman–Crippen MR) is 89.2 cm³/mol. The first-order valence-corrected chi connectivity index (χ1v) is 7.76. The van der Waals surface area contributed by atoms with E-state index < -0.39 is 0 Å². The van der Waals surface area contributed by atoms with Crippen molar-refractivity contribution in [2.24, 2.45) is 0 Å². The number of rotatable bonds is 2. The Morgan fingerprint density at radius 2 is 2.04 bits per heavy atom. The quantitative estimate of drug-likeness (QED) is 0.759. The molecule has 4 rings (SSSR count). The van der Waals surface area contributed by atoms with Crippen LogP contribution in [0.15, 0.2) is 48.7 Å². The highest BCUT2D eigenvalue weighted by Gasteiger charge is 2.25. The normalized spacial score (nSPS) is 13.4. The molecule has 1 aliphatic rings. The van der Waals surface area contributed by atoms with E-state index >= 15 is 0 Å². The number of nitrogens with one attached hydrogen (secondary N) is 2. The second kappa shape index (κ2) is 6.11. The summed E-state index contributed by atoms with van der Waals surface area (Å²) >= 11 is 0. The van der Waals surface area contributed by atoms with E-state index in [9.17, 15) is 4.79 Å². The molecule has 0 fully saturated rings. The van der Waals surface area contributed by atoms with Crippen LogP contribution in [-0.4, -0.2) is 37.9 Å². The zero-order valence-corrected chi connectivity index (χ0v) is 12.9. The van der Waals surface area contributed by atoms with Gasteiger partial charge in [0, 0.05) is 36.0 Å². The summed E-state index contributed by atoms with van der Waals surface area (Å²) < 4.78 is 0. The van der Waals surface area contributed by atoms with Crippen molar-refractivity contribution in [1.29, 1.82) is 0 Å². The van der Waals surface area contributed by atoms with Crippen LogP contribution in [0.25, 0.3) is 11.3 Å². The summed E-state index contributed by atoms with van der Waals surface area (Å²) in [7, 11) is 0. The van der Waals surface area contributed by atoms with Gasteiger partial charge in [-0.3, -0.25) is 10.4 Å². The number of aromatic nitrogens is 4. The van der Waals surface area contributed by atoms with Gasteiger partial charge in [0.2, 0.25) is 0 Å². The van der Waals surface area contributed by atoms with E-state index in [1.165, 1.54) is 0 Å². The van der Waals surface area contributed by atoms with Gasteiger partial charge in [0.05, 0.1) is 12.2 Å². The first kappa shape index (κ1) is 14.4. The molecule has 0 saturated carbocycles. The van der Waals surface area contributed by atoms with Crippen LogP contribution >= 0.6 is 0 Å². The van der Waals surface area contributed by atoms with Gasteiger partial charge in [0.15, 0.2) is 5.82 Å². The average molecular weight is 320 g/mol. The molecule has 3 heterocycles. The van der Waals surface area contributed by atoms with Crippen molar-refractivity contribution < 1.29 is 4.79 Å². The summed E-state index contributed by atoms with van der Waals surface area (Å²) in [5, 5.41) is 18.0. The monoisotopic (exact) mass is 320 g/mol. The second-order valence-electron chi connectivity index (χ2n) is 5.61. The van der Waals surface area contributed by atoms with Gasteiger partial charge in [0.1, 0.15) is 0 Å². The number of carbonyl (C=O) groups is 1. The number of anilines is 1. The van der Waals surface area contributed by atoms with Gasteiger partial charge in [-0.15, -0.1) is 5.10 Å². The summed E-state index contributed by atoms with van der Waals surface area (Å²) in [6.07, 6.45) is 2.32. The van der Waals surface area contributed by atoms with Crippen molar-refractivity contribution in [3.05, 3.63) is 59.9 Å².